The highest BCUT2D eigenvalue weighted by Gasteiger charge is 2.50. The molecule has 0 fully saturated rings. The van der Waals surface area contributed by atoms with Gasteiger partial charge in [0.05, 0.1) is 11.7 Å². The normalized spacial score (nSPS) is 12.7. The van der Waals surface area contributed by atoms with Gasteiger partial charge in [0.2, 0.25) is 0 Å². The van der Waals surface area contributed by atoms with Crippen LogP contribution in [0.1, 0.15) is 44.5 Å². The van der Waals surface area contributed by atoms with E-state index in [0.29, 0.717) is 30.4 Å². The van der Waals surface area contributed by atoms with Crippen molar-refractivity contribution in [3.63, 3.8) is 0 Å². The minimum Gasteiger partial charge on any atom is -0.490 e. The lowest BCUT2D eigenvalue weighted by Crippen LogP contribution is -2.66. The van der Waals surface area contributed by atoms with Crippen LogP contribution in [-0.2, 0) is 4.43 Å². The van der Waals surface area contributed by atoms with Gasteiger partial charge in [0.25, 0.3) is 8.32 Å². The smallest absolute Gasteiger partial charge is 0.338 e. The third-order valence-corrected chi connectivity index (χ3v) is 12.1. The Labute approximate surface area is 235 Å². The molecular formula is C33H34F2O4Si. The van der Waals surface area contributed by atoms with E-state index >= 15 is 0 Å². The van der Waals surface area contributed by atoms with Gasteiger partial charge in [0, 0.05) is 24.2 Å². The Kier molecular flexibility index (Phi) is 8.86. The second-order valence-electron chi connectivity index (χ2n) is 10.8. The number of hydrogen-bond donors (Lipinski definition) is 1. The van der Waals surface area contributed by atoms with Crippen LogP contribution in [0, 0.1) is 11.6 Å². The average molecular weight is 561 g/mol. The van der Waals surface area contributed by atoms with Crippen LogP contribution in [0.3, 0.4) is 0 Å². The van der Waals surface area contributed by atoms with Gasteiger partial charge in [-0.2, -0.15) is 0 Å². The molecule has 1 N–H and O–H groups in total. The van der Waals surface area contributed by atoms with Crippen molar-refractivity contribution in [3.8, 4) is 16.9 Å². The summed E-state index contributed by atoms with van der Waals surface area (Å²) in [5.41, 5.74) is -0.432. The highest BCUT2D eigenvalue weighted by molar-refractivity contribution is 6.99. The molecule has 1 atom stereocenters. The molecule has 0 radical (unpaired) electrons. The molecule has 0 aromatic heterocycles. The molecule has 0 aliphatic rings. The van der Waals surface area contributed by atoms with Gasteiger partial charge in [0.15, 0.2) is 0 Å². The van der Waals surface area contributed by atoms with E-state index in [4.69, 9.17) is 14.3 Å². The van der Waals surface area contributed by atoms with Crippen LogP contribution in [-0.4, -0.2) is 32.1 Å². The summed E-state index contributed by atoms with van der Waals surface area (Å²) in [7, 11) is -2.69. The van der Waals surface area contributed by atoms with Crippen molar-refractivity contribution >= 4 is 24.7 Å². The molecular weight excluding hydrogens is 526 g/mol. The molecule has 7 heteroatoms. The Balaban J connectivity index is 1.57. The Bertz CT molecular complexity index is 1410. The fourth-order valence-electron chi connectivity index (χ4n) is 5.12. The van der Waals surface area contributed by atoms with Crippen molar-refractivity contribution in [3.05, 3.63) is 114 Å². The topological polar surface area (TPSA) is 55.8 Å². The molecule has 0 unspecified atom stereocenters. The number of carbonyl (C=O) groups is 1. The third kappa shape index (κ3) is 6.00. The van der Waals surface area contributed by atoms with Crippen molar-refractivity contribution in [1.82, 2.24) is 0 Å². The molecule has 0 aliphatic carbocycles. The molecule has 4 aromatic rings. The minimum absolute atomic E-state index is 0.0612. The summed E-state index contributed by atoms with van der Waals surface area (Å²) < 4.78 is 42.4. The van der Waals surface area contributed by atoms with Gasteiger partial charge in [-0.1, -0.05) is 99.6 Å². The summed E-state index contributed by atoms with van der Waals surface area (Å²) >= 11 is 0. The first-order valence-electron chi connectivity index (χ1n) is 13.3. The lowest BCUT2D eigenvalue weighted by atomic mass is 10.0. The summed E-state index contributed by atoms with van der Waals surface area (Å²) in [6.45, 7) is 9.01. The molecule has 0 saturated heterocycles. The molecule has 0 amide bonds. The van der Waals surface area contributed by atoms with Crippen molar-refractivity contribution < 1.29 is 27.8 Å². The molecule has 0 bridgehead atoms. The van der Waals surface area contributed by atoms with Crippen LogP contribution in [0.25, 0.3) is 11.1 Å². The summed E-state index contributed by atoms with van der Waals surface area (Å²) in [4.78, 5) is 11.2. The maximum atomic E-state index is 14.9. The molecule has 40 heavy (non-hydrogen) atoms. The van der Waals surface area contributed by atoms with Gasteiger partial charge >= 0.3 is 5.97 Å². The standard InChI is InChI=1S/C33H34F2O4Si/c1-23(39-31-18-12-11-17-26(31)27-21-30(35)28(32(36)37)22-29(27)34)19-20-38-40(33(2,3)4,24-13-7-5-8-14-24)25-15-9-6-10-16-25/h5-18,21-23H,19-20H2,1-4H3,(H,36,37)/t23-/m1/s1. The zero-order valence-electron chi connectivity index (χ0n) is 23.2. The largest absolute Gasteiger partial charge is 0.490 e. The molecule has 208 valence electrons. The van der Waals surface area contributed by atoms with E-state index in [9.17, 15) is 13.6 Å². The number of carboxylic acid groups (broad SMARTS) is 1. The molecule has 0 aliphatic heterocycles. The maximum Gasteiger partial charge on any atom is 0.338 e. The van der Waals surface area contributed by atoms with E-state index in [1.165, 1.54) is 10.4 Å². The second kappa shape index (κ2) is 12.1. The van der Waals surface area contributed by atoms with E-state index in [1.54, 1.807) is 24.3 Å². The Morgan fingerprint density at radius 1 is 0.825 bits per heavy atom. The SMILES string of the molecule is C[C@H](CCO[Si](c1ccccc1)(c1ccccc1)C(C)(C)C)Oc1ccccc1-c1cc(F)c(C(=O)O)cc1F. The van der Waals surface area contributed by atoms with Gasteiger partial charge in [-0.05, 0) is 40.5 Å². The highest BCUT2D eigenvalue weighted by atomic mass is 28.4. The van der Waals surface area contributed by atoms with Gasteiger partial charge in [-0.25, -0.2) is 13.6 Å². The molecule has 4 nitrogen and oxygen atoms in total. The van der Waals surface area contributed by atoms with Gasteiger partial charge in [0.1, 0.15) is 17.4 Å². The zero-order chi connectivity index (χ0) is 28.9. The van der Waals surface area contributed by atoms with Crippen LogP contribution in [0.15, 0.2) is 97.1 Å². The van der Waals surface area contributed by atoms with Crippen molar-refractivity contribution in [1.29, 1.82) is 0 Å². The number of rotatable bonds is 10. The summed E-state index contributed by atoms with van der Waals surface area (Å²) in [6, 6.07) is 29.1. The predicted molar refractivity (Wildman–Crippen MR) is 157 cm³/mol. The van der Waals surface area contributed by atoms with Crippen LogP contribution in [0.2, 0.25) is 5.04 Å². The molecule has 0 spiro atoms. The fourth-order valence-corrected chi connectivity index (χ4v) is 9.70. The molecule has 4 rings (SSSR count). The predicted octanol–water partition coefficient (Wildman–Crippen LogP) is 7.06. The van der Waals surface area contributed by atoms with Crippen molar-refractivity contribution in [2.24, 2.45) is 0 Å². The first-order valence-corrected chi connectivity index (χ1v) is 15.2. The van der Waals surface area contributed by atoms with E-state index in [2.05, 4.69) is 45.0 Å². The van der Waals surface area contributed by atoms with Crippen LogP contribution in [0.5, 0.6) is 5.75 Å². The molecule has 4 aromatic carbocycles. The number of aromatic carboxylic acids is 1. The van der Waals surface area contributed by atoms with Crippen molar-refractivity contribution in [2.75, 3.05) is 6.61 Å². The Hall–Kier alpha value is -3.81. The number of benzene rings is 4. The number of para-hydroxylation sites is 1. The van der Waals surface area contributed by atoms with E-state index in [-0.39, 0.29) is 16.7 Å². The monoisotopic (exact) mass is 560 g/mol. The summed E-state index contributed by atoms with van der Waals surface area (Å²) in [5.74, 6) is -2.99. The molecule has 0 saturated carbocycles. The molecule has 0 heterocycles. The number of hydrogen-bond acceptors (Lipinski definition) is 3. The summed E-state index contributed by atoms with van der Waals surface area (Å²) in [6.07, 6.45) is 0.263. The zero-order valence-corrected chi connectivity index (χ0v) is 24.2. The van der Waals surface area contributed by atoms with Crippen LogP contribution in [0.4, 0.5) is 8.78 Å². The van der Waals surface area contributed by atoms with Crippen LogP contribution >= 0.6 is 0 Å². The second-order valence-corrected chi connectivity index (χ2v) is 15.1. The number of carboxylic acids is 1. The number of ether oxygens (including phenoxy) is 1. The maximum absolute atomic E-state index is 14.9. The van der Waals surface area contributed by atoms with Gasteiger partial charge < -0.3 is 14.3 Å². The van der Waals surface area contributed by atoms with Crippen LogP contribution < -0.4 is 15.1 Å². The van der Waals surface area contributed by atoms with Gasteiger partial charge in [-0.15, -0.1) is 0 Å². The minimum atomic E-state index is -2.69. The van der Waals surface area contributed by atoms with E-state index in [0.717, 1.165) is 6.07 Å². The lowest BCUT2D eigenvalue weighted by molar-refractivity contribution is 0.0691. The summed E-state index contributed by atoms with van der Waals surface area (Å²) in [5, 5.41) is 11.3. The quantitative estimate of drug-likeness (QED) is 0.211. The highest BCUT2D eigenvalue weighted by Crippen LogP contribution is 2.37. The third-order valence-electron chi connectivity index (χ3n) is 7.05. The Morgan fingerprint density at radius 3 is 1.93 bits per heavy atom. The Morgan fingerprint density at radius 2 is 1.38 bits per heavy atom. The average Bonchev–Trinajstić information content (AvgIpc) is 2.93. The van der Waals surface area contributed by atoms with Crippen molar-refractivity contribution in [2.45, 2.75) is 45.3 Å². The van der Waals surface area contributed by atoms with Gasteiger partial charge in [-0.3, -0.25) is 0 Å². The first kappa shape index (κ1) is 29.2. The van der Waals surface area contributed by atoms with E-state index < -0.39 is 31.5 Å². The lowest BCUT2D eigenvalue weighted by Gasteiger charge is -2.43. The first-order chi connectivity index (χ1) is 19.0. The van der Waals surface area contributed by atoms with E-state index in [1.807, 2.05) is 43.3 Å². The fraction of sp³-hybridized carbons (Fsp3) is 0.242. The number of halogens is 2.